The Bertz CT molecular complexity index is 958. The third kappa shape index (κ3) is 36.3. The van der Waals surface area contributed by atoms with Gasteiger partial charge in [-0.1, -0.05) is 104 Å². The number of hydrogen-bond acceptors (Lipinski definition) is 6. The van der Waals surface area contributed by atoms with Crippen molar-refractivity contribution in [2.45, 2.75) is 193 Å². The number of alkyl halides is 4. The molecule has 0 saturated carbocycles. The maximum Gasteiger partial charge on any atom is 0.306 e. The highest BCUT2D eigenvalue weighted by molar-refractivity contribution is 7.74. The van der Waals surface area contributed by atoms with E-state index >= 15 is 0 Å². The lowest BCUT2D eigenvalue weighted by atomic mass is 10.1. The highest BCUT2D eigenvalue weighted by Gasteiger charge is 2.24. The molecule has 0 aromatic heterocycles. The molecule has 0 unspecified atom stereocenters. The Balaban J connectivity index is 4.24. The second-order valence-electron chi connectivity index (χ2n) is 15.3. The van der Waals surface area contributed by atoms with Gasteiger partial charge in [-0.25, -0.2) is 17.6 Å². The summed E-state index contributed by atoms with van der Waals surface area (Å²) in [7, 11) is 3.33. The molecular weight excluding hydrogens is 729 g/mol. The first-order valence-electron chi connectivity index (χ1n) is 21.7. The van der Waals surface area contributed by atoms with Crippen molar-refractivity contribution in [1.29, 1.82) is 0 Å². The minimum Gasteiger partial charge on any atom is -0.461 e. The Morgan fingerprint density at radius 1 is 0.527 bits per heavy atom. The summed E-state index contributed by atoms with van der Waals surface area (Å²) in [5.41, 5.74) is 0.403. The summed E-state index contributed by atoms with van der Waals surface area (Å²) in [5.74, 6) is -6.46. The highest BCUT2D eigenvalue weighted by atomic mass is 31.1. The van der Waals surface area contributed by atoms with Crippen LogP contribution < -0.4 is 0 Å². The third-order valence-electron chi connectivity index (χ3n) is 9.60. The molecule has 11 heteroatoms. The van der Waals surface area contributed by atoms with Crippen molar-refractivity contribution in [2.24, 2.45) is 0 Å². The normalized spacial score (nSPS) is 12.5. The molecule has 0 bridgehead atoms. The van der Waals surface area contributed by atoms with Gasteiger partial charge in [0.1, 0.15) is 13.2 Å². The second-order valence-corrected chi connectivity index (χ2v) is 17.8. The predicted molar refractivity (Wildman–Crippen MR) is 222 cm³/mol. The standard InChI is InChI=1S/C44H78F4NO5P/c1-5-7-9-15-21-31-43(45,46)33-26-36-53-40(50)28-19-13-11-17-23-38-55(42(52)30-25-35-49(3)4)39-24-18-12-14-20-29-41(51)54-37-27-34-44(47,48)32-22-16-10-8-6-2/h26-27,33-34H,5-25,28-32,35-39H2,1-4H3/b33-26-,34-27-. The van der Waals surface area contributed by atoms with E-state index in [0.29, 0.717) is 37.6 Å². The zero-order valence-corrected chi connectivity index (χ0v) is 36.1. The number of allylic oxidation sites excluding steroid dienone is 2. The van der Waals surface area contributed by atoms with Crippen LogP contribution in [0.15, 0.2) is 24.3 Å². The van der Waals surface area contributed by atoms with E-state index in [1.54, 1.807) is 0 Å². The number of unbranched alkanes of at least 4 members (excludes halogenated alkanes) is 16. The van der Waals surface area contributed by atoms with Gasteiger partial charge in [0, 0.05) is 32.1 Å². The second kappa shape index (κ2) is 35.4. The van der Waals surface area contributed by atoms with Gasteiger partial charge in [0.25, 0.3) is 11.8 Å². The van der Waals surface area contributed by atoms with Gasteiger partial charge in [0.15, 0.2) is 5.52 Å². The number of carbonyl (C=O) groups excluding carboxylic acids is 3. The number of nitrogens with zero attached hydrogens (tertiary/aromatic N) is 1. The van der Waals surface area contributed by atoms with Gasteiger partial charge in [-0.2, -0.15) is 0 Å². The van der Waals surface area contributed by atoms with Gasteiger partial charge in [-0.3, -0.25) is 14.4 Å². The first-order chi connectivity index (χ1) is 26.3. The molecule has 0 atom stereocenters. The van der Waals surface area contributed by atoms with Crippen molar-refractivity contribution in [2.75, 3.05) is 46.2 Å². The third-order valence-corrected chi connectivity index (χ3v) is 12.2. The molecule has 0 aliphatic rings. The number of ether oxygens (including phenoxy) is 2. The molecule has 0 saturated heterocycles. The summed E-state index contributed by atoms with van der Waals surface area (Å²) >= 11 is 0. The highest BCUT2D eigenvalue weighted by Crippen LogP contribution is 2.41. The van der Waals surface area contributed by atoms with Crippen LogP contribution in [0.5, 0.6) is 0 Å². The molecule has 0 spiro atoms. The van der Waals surface area contributed by atoms with Crippen LogP contribution in [0.4, 0.5) is 17.6 Å². The predicted octanol–water partition coefficient (Wildman–Crippen LogP) is 13.2. The topological polar surface area (TPSA) is 72.9 Å². The van der Waals surface area contributed by atoms with Crippen LogP contribution in [0, 0.1) is 0 Å². The molecule has 0 amide bonds. The molecule has 0 heterocycles. The zero-order valence-electron chi connectivity index (χ0n) is 35.2. The van der Waals surface area contributed by atoms with Gasteiger partial charge in [-0.05, 0) is 110 Å². The molecular formula is C44H78F4NO5P. The molecule has 0 aliphatic carbocycles. The van der Waals surface area contributed by atoms with E-state index < -0.39 is 19.8 Å². The maximum atomic E-state index is 13.9. The Morgan fingerprint density at radius 3 is 1.33 bits per heavy atom. The number of carbonyl (C=O) groups is 3. The summed E-state index contributed by atoms with van der Waals surface area (Å²) < 4.78 is 66.0. The fourth-order valence-corrected chi connectivity index (χ4v) is 8.64. The average molecular weight is 808 g/mol. The lowest BCUT2D eigenvalue weighted by Gasteiger charge is -2.17. The van der Waals surface area contributed by atoms with E-state index in [-0.39, 0.29) is 50.8 Å². The van der Waals surface area contributed by atoms with Crippen LogP contribution in [-0.2, 0) is 23.9 Å². The van der Waals surface area contributed by atoms with Gasteiger partial charge < -0.3 is 14.4 Å². The fourth-order valence-electron chi connectivity index (χ4n) is 6.23. The quantitative estimate of drug-likeness (QED) is 0.0202. The van der Waals surface area contributed by atoms with Crippen LogP contribution in [-0.4, -0.2) is 80.4 Å². The van der Waals surface area contributed by atoms with Crippen LogP contribution in [0.1, 0.15) is 181 Å². The van der Waals surface area contributed by atoms with Crippen molar-refractivity contribution >= 4 is 25.4 Å². The summed E-state index contributed by atoms with van der Waals surface area (Å²) in [6.07, 6.45) is 25.7. The zero-order chi connectivity index (χ0) is 41.0. The van der Waals surface area contributed by atoms with E-state index in [4.69, 9.17) is 9.47 Å². The molecule has 0 N–H and O–H groups in total. The molecule has 322 valence electrons. The average Bonchev–Trinajstić information content (AvgIpc) is 3.13. The van der Waals surface area contributed by atoms with Crippen LogP contribution >= 0.6 is 7.92 Å². The molecule has 55 heavy (non-hydrogen) atoms. The number of esters is 2. The summed E-state index contributed by atoms with van der Waals surface area (Å²) in [6.45, 7) is 4.82. The van der Waals surface area contributed by atoms with E-state index in [0.717, 1.165) is 140 Å². The summed E-state index contributed by atoms with van der Waals surface area (Å²) in [6, 6.07) is 0. The van der Waals surface area contributed by atoms with Gasteiger partial charge in [0.2, 0.25) is 0 Å². The minimum atomic E-state index is -2.87. The van der Waals surface area contributed by atoms with Gasteiger partial charge in [-0.15, -0.1) is 0 Å². The monoisotopic (exact) mass is 808 g/mol. The molecule has 0 fully saturated rings. The first kappa shape index (κ1) is 53.2. The van der Waals surface area contributed by atoms with E-state index in [1.807, 2.05) is 14.1 Å². The van der Waals surface area contributed by atoms with Gasteiger partial charge in [0.05, 0.1) is 0 Å². The Labute approximate surface area is 334 Å². The lowest BCUT2D eigenvalue weighted by molar-refractivity contribution is -0.143. The Kier molecular flexibility index (Phi) is 34.2. The van der Waals surface area contributed by atoms with Crippen LogP contribution in [0.2, 0.25) is 0 Å². The number of hydrogen-bond donors (Lipinski definition) is 0. The Morgan fingerprint density at radius 2 is 0.909 bits per heavy atom. The molecule has 6 nitrogen and oxygen atoms in total. The molecule has 0 radical (unpaired) electrons. The summed E-state index contributed by atoms with van der Waals surface area (Å²) in [5, 5.41) is 0. The maximum absolute atomic E-state index is 13.9. The van der Waals surface area contributed by atoms with E-state index in [1.165, 1.54) is 12.2 Å². The van der Waals surface area contributed by atoms with E-state index in [2.05, 4.69) is 18.7 Å². The van der Waals surface area contributed by atoms with Crippen molar-refractivity contribution in [3.63, 3.8) is 0 Å². The first-order valence-corrected chi connectivity index (χ1v) is 23.4. The van der Waals surface area contributed by atoms with Gasteiger partial charge >= 0.3 is 11.9 Å². The van der Waals surface area contributed by atoms with Crippen molar-refractivity contribution in [3.8, 4) is 0 Å². The van der Waals surface area contributed by atoms with Crippen LogP contribution in [0.25, 0.3) is 0 Å². The fraction of sp³-hybridized carbons (Fsp3) is 0.841. The summed E-state index contributed by atoms with van der Waals surface area (Å²) in [4.78, 5) is 39.3. The van der Waals surface area contributed by atoms with Crippen molar-refractivity contribution in [1.82, 2.24) is 4.90 Å². The largest absolute Gasteiger partial charge is 0.461 e. The number of halogens is 4. The molecule has 0 aromatic rings. The number of rotatable bonds is 39. The molecule has 0 aliphatic heterocycles. The Hall–Kier alpha value is -1.80. The van der Waals surface area contributed by atoms with Crippen molar-refractivity contribution < 1.29 is 41.4 Å². The molecule has 0 rings (SSSR count). The lowest BCUT2D eigenvalue weighted by Crippen LogP contribution is -2.14. The van der Waals surface area contributed by atoms with Crippen molar-refractivity contribution in [3.05, 3.63) is 24.3 Å². The minimum absolute atomic E-state index is 0.129. The van der Waals surface area contributed by atoms with Crippen LogP contribution in [0.3, 0.4) is 0 Å². The SMILES string of the molecule is CCCCCCCC(F)(F)/C=C\COC(=O)CCCCCCCP(CCCCCCCC(=O)OC/C=C\C(F)(F)CCCCCCC)C(=O)CCCN(C)C. The van der Waals surface area contributed by atoms with E-state index in [9.17, 15) is 31.9 Å². The smallest absolute Gasteiger partial charge is 0.306 e. The molecule has 0 aromatic carbocycles.